The average molecular weight is 1370 g/mol. The van der Waals surface area contributed by atoms with Crippen LogP contribution in [-0.2, 0) is 47.9 Å². The van der Waals surface area contributed by atoms with Crippen LogP contribution < -0.4 is 143 Å². The summed E-state index contributed by atoms with van der Waals surface area (Å²) in [7, 11) is 0. The Morgan fingerprint density at radius 1 is 0.260 bits per heavy atom. The van der Waals surface area contributed by atoms with Gasteiger partial charge in [-0.2, -0.15) is 0 Å². The maximum Gasteiger partial charge on any atom is 0.243 e. The van der Waals surface area contributed by atoms with Crippen LogP contribution in [0, 0.1) is 37.9 Å². The van der Waals surface area contributed by atoms with Crippen molar-refractivity contribution >= 4 is 101 Å². The molecule has 10 amide bonds. The Bertz CT molecular complexity index is 2600. The molecule has 0 bridgehead atoms. The molecule has 44 N–H and O–H groups in total. The number of primary amides is 2. The van der Waals surface area contributed by atoms with E-state index in [0.29, 0.717) is 19.3 Å². The highest BCUT2D eigenvalue weighted by atomic mass is 16.2. The van der Waals surface area contributed by atoms with Crippen LogP contribution in [-0.4, -0.2) is 208 Å². The van der Waals surface area contributed by atoms with Crippen LogP contribution in [0.5, 0.6) is 0 Å². The first kappa shape index (κ1) is 85.5. The van der Waals surface area contributed by atoms with E-state index in [1.54, 1.807) is 0 Å². The van der Waals surface area contributed by atoms with Gasteiger partial charge in [0.25, 0.3) is 0 Å². The van der Waals surface area contributed by atoms with E-state index in [-0.39, 0.29) is 154 Å². The van der Waals surface area contributed by atoms with Crippen molar-refractivity contribution in [3.63, 3.8) is 0 Å². The standard InChI is InChI=1S/C53H107N33O10/c54-20-2-1-11-30(80-39(89)28(55)10-3-21-72-47(58)59)41(91)82-32(14-6-24-75-50(64)65)42(92)83-33(15-7-25-76-51(66)67)43(93)84-35(17-9-27-78-53(70)71)45(95)86-36(18-19-37(56)87)46(96)85-34(16-8-26-77-52(68)69)44(94)81-31(13-5-23-74-49(62)63)40(90)79-29(38(57)88)12-4-22-73-48(60)61/h28-36H,1-27,54-55H2,(H2,56,87)(H2,57,88)(H,79,90)(H,80,89)(H,81,94)(H,82,91)(H,83,92)(H,84,93)(H,85,96)(H,86,95)(H4,58,59,72)(H4,60,61,73)(H4,62,63,74)(H4,64,65,75)(H4,66,67,76)(H4,68,69,77)(H4,70,71,78)/t28-,29-,30-,31-,32-,33-,34-,35-,36-/m0/s1. The van der Waals surface area contributed by atoms with E-state index in [9.17, 15) is 47.9 Å². The molecule has 0 aromatic carbocycles. The van der Waals surface area contributed by atoms with Gasteiger partial charge in [0.1, 0.15) is 48.3 Å². The molecule has 0 saturated heterocycles. The zero-order chi connectivity index (χ0) is 72.7. The molecule has 43 heteroatoms. The normalized spacial score (nSPS) is 13.5. The highest BCUT2D eigenvalue weighted by molar-refractivity contribution is 5.98. The van der Waals surface area contributed by atoms with Crippen molar-refractivity contribution in [3.8, 4) is 0 Å². The number of hydrogen-bond donors (Lipinski definition) is 33. The van der Waals surface area contributed by atoms with Gasteiger partial charge >= 0.3 is 0 Å². The number of nitrogens with two attached hydrogens (primary N) is 11. The van der Waals surface area contributed by atoms with E-state index in [0.717, 1.165) is 0 Å². The molecule has 96 heavy (non-hydrogen) atoms. The monoisotopic (exact) mass is 1370 g/mol. The summed E-state index contributed by atoms with van der Waals surface area (Å²) in [5.41, 5.74) is 61.1. The summed E-state index contributed by atoms with van der Waals surface area (Å²) in [6.07, 6.45) is -0.124. The van der Waals surface area contributed by atoms with Crippen molar-refractivity contribution in [1.82, 2.24) is 79.8 Å². The lowest BCUT2D eigenvalue weighted by Gasteiger charge is -2.28. The van der Waals surface area contributed by atoms with Gasteiger partial charge in [-0.25, -0.2) is 0 Å². The van der Waals surface area contributed by atoms with Gasteiger partial charge in [-0.3, -0.25) is 85.8 Å². The molecule has 0 radical (unpaired) electrons. The lowest BCUT2D eigenvalue weighted by molar-refractivity contribution is -0.136. The van der Waals surface area contributed by atoms with Crippen molar-refractivity contribution < 1.29 is 47.9 Å². The minimum Gasteiger partial charge on any atom is -0.370 e. The summed E-state index contributed by atoms with van der Waals surface area (Å²) in [6, 6.07) is -12.9. The van der Waals surface area contributed by atoms with E-state index in [2.05, 4.69) is 79.8 Å². The number of hydrogen-bond acceptors (Lipinski definition) is 19. The Kier molecular flexibility index (Phi) is 43.8. The summed E-state index contributed by atoms with van der Waals surface area (Å²) in [5, 5.41) is 91.5. The largest absolute Gasteiger partial charge is 0.370 e. The highest BCUT2D eigenvalue weighted by Gasteiger charge is 2.35. The van der Waals surface area contributed by atoms with Gasteiger partial charge in [0.2, 0.25) is 59.1 Å². The summed E-state index contributed by atoms with van der Waals surface area (Å²) < 4.78 is 0. The van der Waals surface area contributed by atoms with Crippen LogP contribution in [0.3, 0.4) is 0 Å². The topological polar surface area (TPSA) is 804 Å². The van der Waals surface area contributed by atoms with Crippen molar-refractivity contribution in [3.05, 3.63) is 0 Å². The Hall–Kier alpha value is -10.5. The second kappa shape index (κ2) is 49.1. The predicted molar refractivity (Wildman–Crippen MR) is 358 cm³/mol. The van der Waals surface area contributed by atoms with Crippen LogP contribution >= 0.6 is 0 Å². The van der Waals surface area contributed by atoms with Crippen LogP contribution in [0.25, 0.3) is 0 Å². The molecule has 0 aliphatic heterocycles. The number of carbonyl (C=O) groups is 10. The minimum atomic E-state index is -1.71. The number of guanidine groups is 7. The van der Waals surface area contributed by atoms with Gasteiger partial charge in [-0.15, -0.1) is 0 Å². The van der Waals surface area contributed by atoms with Crippen LogP contribution in [0.4, 0.5) is 0 Å². The van der Waals surface area contributed by atoms with Gasteiger partial charge in [-0.1, -0.05) is 0 Å². The number of nitrogens with one attached hydrogen (secondary N) is 22. The third-order valence-corrected chi connectivity index (χ3v) is 14.0. The fourth-order valence-electron chi connectivity index (χ4n) is 8.98. The van der Waals surface area contributed by atoms with Crippen LogP contribution in [0.2, 0.25) is 0 Å². The summed E-state index contributed by atoms with van der Waals surface area (Å²) >= 11 is 0. The van der Waals surface area contributed by atoms with Gasteiger partial charge in [-0.05, 0) is 122 Å². The lowest BCUT2D eigenvalue weighted by atomic mass is 10.0. The molecule has 0 rings (SSSR count). The molecule has 0 saturated carbocycles. The first-order chi connectivity index (χ1) is 45.3. The molecule has 544 valence electrons. The molecule has 0 spiro atoms. The second-order valence-electron chi connectivity index (χ2n) is 22.2. The zero-order valence-corrected chi connectivity index (χ0v) is 54.2. The fraction of sp³-hybridized carbons (Fsp3) is 0.679. The van der Waals surface area contributed by atoms with Gasteiger partial charge in [0.15, 0.2) is 41.7 Å². The molecule has 0 aliphatic carbocycles. The molecule has 43 nitrogen and oxygen atoms in total. The van der Waals surface area contributed by atoms with E-state index >= 15 is 0 Å². The Labute approximate surface area is 556 Å². The first-order valence-electron chi connectivity index (χ1n) is 31.3. The van der Waals surface area contributed by atoms with Crippen LogP contribution in [0.15, 0.2) is 0 Å². The van der Waals surface area contributed by atoms with E-state index in [1.165, 1.54) is 0 Å². The van der Waals surface area contributed by atoms with E-state index in [4.69, 9.17) is 101 Å². The maximum atomic E-state index is 14.7. The van der Waals surface area contributed by atoms with Crippen molar-refractivity contribution in [2.45, 2.75) is 176 Å². The fourth-order valence-corrected chi connectivity index (χ4v) is 8.98. The summed E-state index contributed by atoms with van der Waals surface area (Å²) in [5.74, 6) is -12.0. The molecule has 0 aromatic heterocycles. The second-order valence-corrected chi connectivity index (χ2v) is 22.2. The van der Waals surface area contributed by atoms with E-state index < -0.39 is 156 Å². The predicted octanol–water partition coefficient (Wildman–Crippen LogP) is -11.1. The Morgan fingerprint density at radius 3 is 0.677 bits per heavy atom. The van der Waals surface area contributed by atoms with E-state index in [1.807, 2.05) is 0 Å². The average Bonchev–Trinajstić information content (AvgIpc) is 1.17. The van der Waals surface area contributed by atoms with Crippen LogP contribution in [0.1, 0.15) is 122 Å². The molecular formula is C53H107N33O10. The Balaban J connectivity index is 7.49. The van der Waals surface area contributed by atoms with Crippen molar-refractivity contribution in [1.29, 1.82) is 37.9 Å². The maximum absolute atomic E-state index is 14.7. The molecule has 0 aliphatic rings. The molecule has 0 heterocycles. The third-order valence-electron chi connectivity index (χ3n) is 14.0. The first-order valence-corrected chi connectivity index (χ1v) is 31.3. The summed E-state index contributed by atoms with van der Waals surface area (Å²) in [6.45, 7) is 0.701. The van der Waals surface area contributed by atoms with Gasteiger partial charge in [0, 0.05) is 52.2 Å². The summed E-state index contributed by atoms with van der Waals surface area (Å²) in [4.78, 5) is 139. The smallest absolute Gasteiger partial charge is 0.243 e. The van der Waals surface area contributed by atoms with Crippen molar-refractivity contribution in [2.24, 2.45) is 63.1 Å². The molecule has 0 unspecified atom stereocenters. The zero-order valence-electron chi connectivity index (χ0n) is 54.2. The SMILES string of the molecule is N=C(N)NCCC[C@H](NC(=O)[C@H](CCCNC(=N)N)NC(=O)[C@H](CCCNC(=N)N)NC(=O)[C@H](CCC(N)=O)NC(=O)[C@H](CCCNC(=N)N)NC(=O)[C@H](CCCNC(=N)N)NC(=O)[C@H](CCCNC(=N)N)NC(=O)[C@H](CCCCN)NC(=O)[C@@H](N)CCCNC(=N)N)C(N)=O. The van der Waals surface area contributed by atoms with Gasteiger partial charge in [0.05, 0.1) is 6.04 Å². The minimum absolute atomic E-state index is 0.000692. The highest BCUT2D eigenvalue weighted by Crippen LogP contribution is 2.11. The number of carbonyl (C=O) groups excluding carboxylic acids is 10. The quantitative estimate of drug-likeness (QED) is 0.0153. The lowest BCUT2D eigenvalue weighted by Crippen LogP contribution is -2.60. The molecule has 0 fully saturated rings. The number of amides is 10. The third kappa shape index (κ3) is 41.9. The Morgan fingerprint density at radius 2 is 0.458 bits per heavy atom. The molecular weight excluding hydrogens is 1260 g/mol. The molecule has 9 atom stereocenters. The number of rotatable bonds is 52. The van der Waals surface area contributed by atoms with Gasteiger partial charge < -0.3 is 143 Å². The number of unbranched alkanes of at least 4 members (excludes halogenated alkanes) is 1. The molecule has 0 aromatic rings. The van der Waals surface area contributed by atoms with Crippen molar-refractivity contribution in [2.75, 3.05) is 52.4 Å².